The monoisotopic (exact) mass is 384 g/mol. The average Bonchev–Trinajstić information content (AvgIpc) is 2.44. The van der Waals surface area contributed by atoms with Crippen molar-refractivity contribution in [3.8, 4) is 11.1 Å². The van der Waals surface area contributed by atoms with Crippen LogP contribution in [0.25, 0.3) is 11.1 Å². The van der Waals surface area contributed by atoms with Crippen molar-refractivity contribution in [3.63, 3.8) is 0 Å². The maximum absolute atomic E-state index is 14.6. The number of pyridine rings is 1. The SMILES string of the molecule is Cc1[c]c(C)c(-c2cccnc2Cl)c(C(F)(C(F)(F)F)C(F)(F)F)c1. The smallest absolute Gasteiger partial charge is 0.244 e. The second-order valence-corrected chi connectivity index (χ2v) is 5.72. The van der Waals surface area contributed by atoms with E-state index in [0.29, 0.717) is 6.07 Å². The number of hydrogen-bond acceptors (Lipinski definition) is 1. The molecule has 0 aliphatic carbocycles. The van der Waals surface area contributed by atoms with Crippen molar-refractivity contribution in [2.45, 2.75) is 31.9 Å². The molecule has 1 aromatic heterocycles. The Morgan fingerprint density at radius 1 is 1.00 bits per heavy atom. The first-order chi connectivity index (χ1) is 11.3. The highest BCUT2D eigenvalue weighted by atomic mass is 35.5. The average molecular weight is 385 g/mol. The van der Waals surface area contributed by atoms with E-state index >= 15 is 0 Å². The van der Waals surface area contributed by atoms with Crippen LogP contribution in [0.5, 0.6) is 0 Å². The van der Waals surface area contributed by atoms with E-state index in [1.165, 1.54) is 26.1 Å². The molecule has 0 saturated heterocycles. The van der Waals surface area contributed by atoms with Gasteiger partial charge in [0.25, 0.3) is 0 Å². The molecule has 0 unspecified atom stereocenters. The Balaban J connectivity index is 2.97. The fourth-order valence-electron chi connectivity index (χ4n) is 2.54. The van der Waals surface area contributed by atoms with Crippen LogP contribution in [0.15, 0.2) is 24.4 Å². The Kier molecular flexibility index (Phi) is 4.80. The molecule has 0 spiro atoms. The third-order valence-corrected chi connectivity index (χ3v) is 3.87. The van der Waals surface area contributed by atoms with Gasteiger partial charge in [-0.15, -0.1) is 0 Å². The van der Waals surface area contributed by atoms with Gasteiger partial charge in [-0.05, 0) is 48.7 Å². The molecule has 1 aromatic carbocycles. The van der Waals surface area contributed by atoms with Gasteiger partial charge >= 0.3 is 18.0 Å². The van der Waals surface area contributed by atoms with Crippen LogP contribution in [0.3, 0.4) is 0 Å². The highest BCUT2D eigenvalue weighted by Crippen LogP contribution is 2.56. The summed E-state index contributed by atoms with van der Waals surface area (Å²) in [5.41, 5.74) is -8.23. The van der Waals surface area contributed by atoms with Gasteiger partial charge in [0.1, 0.15) is 5.15 Å². The quantitative estimate of drug-likeness (QED) is 0.450. The molecule has 1 nitrogen and oxygen atoms in total. The van der Waals surface area contributed by atoms with Crippen molar-refractivity contribution < 1.29 is 30.7 Å². The van der Waals surface area contributed by atoms with Gasteiger partial charge in [-0.1, -0.05) is 17.7 Å². The molecule has 0 bridgehead atoms. The lowest BCUT2D eigenvalue weighted by Crippen LogP contribution is -2.50. The van der Waals surface area contributed by atoms with Gasteiger partial charge in [0.2, 0.25) is 0 Å². The zero-order valence-corrected chi connectivity index (χ0v) is 13.5. The normalized spacial score (nSPS) is 13.2. The van der Waals surface area contributed by atoms with E-state index in [0.717, 1.165) is 6.07 Å². The van der Waals surface area contributed by atoms with Crippen LogP contribution >= 0.6 is 11.6 Å². The van der Waals surface area contributed by atoms with Crippen molar-refractivity contribution in [1.82, 2.24) is 4.98 Å². The standard InChI is InChI=1S/C16H10ClF7N/c1-8-6-9(2)12(10-4-3-5-25-13(10)17)11(7-8)14(18,15(19,20)21)16(22,23)24/h3-5,7H,1-2H3. The maximum atomic E-state index is 14.6. The van der Waals surface area contributed by atoms with Crippen LogP contribution in [0.2, 0.25) is 5.15 Å². The summed E-state index contributed by atoms with van der Waals surface area (Å²) >= 11 is 5.81. The fourth-order valence-corrected chi connectivity index (χ4v) is 2.76. The molecule has 0 saturated carbocycles. The summed E-state index contributed by atoms with van der Waals surface area (Å²) in [6.45, 7) is 2.45. The van der Waals surface area contributed by atoms with Crippen LogP contribution in [0.1, 0.15) is 16.7 Å². The lowest BCUT2D eigenvalue weighted by atomic mass is 9.84. The topological polar surface area (TPSA) is 12.9 Å². The predicted octanol–water partition coefficient (Wildman–Crippen LogP) is 6.11. The van der Waals surface area contributed by atoms with E-state index in [-0.39, 0.29) is 21.8 Å². The van der Waals surface area contributed by atoms with Gasteiger partial charge < -0.3 is 0 Å². The molecule has 1 radical (unpaired) electrons. The highest BCUT2D eigenvalue weighted by Gasteiger charge is 2.74. The minimum Gasteiger partial charge on any atom is -0.244 e. The summed E-state index contributed by atoms with van der Waals surface area (Å²) in [6.07, 6.45) is -11.3. The molecule has 9 heteroatoms. The lowest BCUT2D eigenvalue weighted by molar-refractivity contribution is -0.348. The van der Waals surface area contributed by atoms with Gasteiger partial charge in [0.15, 0.2) is 0 Å². The summed E-state index contributed by atoms with van der Waals surface area (Å²) in [4.78, 5) is 3.63. The third-order valence-electron chi connectivity index (χ3n) is 3.57. The Hall–Kier alpha value is -1.83. The van der Waals surface area contributed by atoms with Crippen molar-refractivity contribution >= 4 is 11.6 Å². The van der Waals surface area contributed by atoms with Gasteiger partial charge in [-0.25, -0.2) is 9.37 Å². The second-order valence-electron chi connectivity index (χ2n) is 5.36. The molecule has 0 atom stereocenters. The van der Waals surface area contributed by atoms with Crippen LogP contribution in [-0.2, 0) is 5.67 Å². The number of hydrogen-bond donors (Lipinski definition) is 0. The van der Waals surface area contributed by atoms with Crippen LogP contribution in [0.4, 0.5) is 30.7 Å². The summed E-state index contributed by atoms with van der Waals surface area (Å²) in [5, 5.41) is -0.351. The zero-order chi connectivity index (χ0) is 19.2. The Morgan fingerprint density at radius 3 is 2.04 bits per heavy atom. The third kappa shape index (κ3) is 3.19. The molecular formula is C16H10ClF7N. The Labute approximate surface area is 143 Å². The first kappa shape index (κ1) is 19.5. The number of rotatable bonds is 2. The summed E-state index contributed by atoms with van der Waals surface area (Å²) in [7, 11) is 0. The first-order valence-electron chi connectivity index (χ1n) is 6.78. The minimum absolute atomic E-state index is 0.0770. The van der Waals surface area contributed by atoms with Crippen LogP contribution in [0, 0.1) is 19.9 Å². The van der Waals surface area contributed by atoms with E-state index in [2.05, 4.69) is 11.1 Å². The maximum Gasteiger partial charge on any atom is 0.435 e. The lowest BCUT2D eigenvalue weighted by Gasteiger charge is -2.32. The number of aryl methyl sites for hydroxylation is 2. The molecule has 135 valence electrons. The first-order valence-corrected chi connectivity index (χ1v) is 7.15. The molecule has 25 heavy (non-hydrogen) atoms. The minimum atomic E-state index is -6.23. The molecule has 0 aliphatic rings. The summed E-state index contributed by atoms with van der Waals surface area (Å²) in [6, 6.07) is 5.50. The van der Waals surface area contributed by atoms with Crippen molar-refractivity contribution in [2.24, 2.45) is 0 Å². The number of aromatic nitrogens is 1. The fraction of sp³-hybridized carbons (Fsp3) is 0.312. The van der Waals surface area contributed by atoms with Gasteiger partial charge in [-0.3, -0.25) is 0 Å². The predicted molar refractivity (Wildman–Crippen MR) is 77.9 cm³/mol. The molecule has 2 aromatic rings. The Bertz CT molecular complexity index is 782. The van der Waals surface area contributed by atoms with Crippen molar-refractivity contribution in [2.75, 3.05) is 0 Å². The second kappa shape index (κ2) is 6.16. The van der Waals surface area contributed by atoms with E-state index < -0.39 is 29.1 Å². The molecule has 0 aliphatic heterocycles. The molecule has 1 heterocycles. The number of benzene rings is 1. The van der Waals surface area contributed by atoms with Gasteiger partial charge in [-0.2, -0.15) is 26.3 Å². The molecule has 2 rings (SSSR count). The molecule has 0 N–H and O–H groups in total. The molecule has 0 fully saturated rings. The van der Waals surface area contributed by atoms with E-state index in [1.54, 1.807) is 0 Å². The van der Waals surface area contributed by atoms with Gasteiger partial charge in [0.05, 0.1) is 0 Å². The molecular weight excluding hydrogens is 375 g/mol. The number of nitrogens with zero attached hydrogens (tertiary/aromatic N) is 1. The van der Waals surface area contributed by atoms with Crippen LogP contribution in [-0.4, -0.2) is 17.3 Å². The summed E-state index contributed by atoms with van der Waals surface area (Å²) < 4.78 is 93.8. The summed E-state index contributed by atoms with van der Waals surface area (Å²) in [5.74, 6) is 0. The molecule has 0 amide bonds. The van der Waals surface area contributed by atoms with Crippen molar-refractivity contribution in [1.29, 1.82) is 0 Å². The Morgan fingerprint density at radius 2 is 1.56 bits per heavy atom. The van der Waals surface area contributed by atoms with Crippen LogP contribution < -0.4 is 0 Å². The zero-order valence-electron chi connectivity index (χ0n) is 12.8. The van der Waals surface area contributed by atoms with E-state index in [1.807, 2.05) is 0 Å². The van der Waals surface area contributed by atoms with E-state index in [9.17, 15) is 30.7 Å². The van der Waals surface area contributed by atoms with Crippen molar-refractivity contribution in [3.05, 3.63) is 52.3 Å². The largest absolute Gasteiger partial charge is 0.435 e. The van der Waals surface area contributed by atoms with Gasteiger partial charge in [0, 0.05) is 17.3 Å². The number of alkyl halides is 7. The van der Waals surface area contributed by atoms with E-state index in [4.69, 9.17) is 11.6 Å². The highest BCUT2D eigenvalue weighted by molar-refractivity contribution is 6.32. The number of halogens is 8.